The summed E-state index contributed by atoms with van der Waals surface area (Å²) in [5.41, 5.74) is 1.14. The lowest BCUT2D eigenvalue weighted by molar-refractivity contribution is 0.433. The summed E-state index contributed by atoms with van der Waals surface area (Å²) >= 11 is 0. The maximum atomic E-state index is 13.8. The molecule has 1 N–H and O–H groups in total. The maximum absolute atomic E-state index is 13.8. The molecule has 0 bridgehead atoms. The number of rotatable bonds is 1. The minimum atomic E-state index is -0.715. The van der Waals surface area contributed by atoms with Gasteiger partial charge in [0.25, 0.3) is 0 Å². The second-order valence-electron chi connectivity index (χ2n) is 4.33. The van der Waals surface area contributed by atoms with Crippen molar-refractivity contribution in [3.05, 3.63) is 41.2 Å². The molecule has 0 heterocycles. The van der Waals surface area contributed by atoms with Crippen LogP contribution in [0, 0.1) is 18.2 Å². The Morgan fingerprint density at radius 3 is 2.42 bits per heavy atom. The predicted octanol–water partition coefficient (Wildman–Crippen LogP) is 4.82. The van der Waals surface area contributed by atoms with E-state index in [4.69, 9.17) is 6.42 Å². The van der Waals surface area contributed by atoms with Crippen molar-refractivity contribution in [2.75, 3.05) is 0 Å². The van der Waals surface area contributed by atoms with Crippen LogP contribution in [0.2, 0.25) is 0 Å². The van der Waals surface area contributed by atoms with Gasteiger partial charge in [-0.25, -0.2) is 4.39 Å². The van der Waals surface area contributed by atoms with E-state index in [1.165, 1.54) is 6.07 Å². The molecule has 2 aromatic rings. The number of aromatic hydroxyl groups is 1. The number of phenolic OH excluding ortho intramolecular Hbond substituents is 1. The topological polar surface area (TPSA) is 20.2 Å². The summed E-state index contributed by atoms with van der Waals surface area (Å²) in [7, 11) is 0. The van der Waals surface area contributed by atoms with Gasteiger partial charge >= 0.3 is 0 Å². The molecule has 100 valence electrons. The molecule has 2 heteroatoms. The number of benzene rings is 2. The third kappa shape index (κ3) is 2.71. The van der Waals surface area contributed by atoms with Gasteiger partial charge in [0, 0.05) is 5.39 Å². The SMILES string of the molecule is C#Cc1c(F)c(O)cc2cccc(C(C)C)c12.CC. The molecule has 0 unspecified atom stereocenters. The summed E-state index contributed by atoms with van der Waals surface area (Å²) in [6, 6.07) is 7.05. The van der Waals surface area contributed by atoms with Crippen molar-refractivity contribution >= 4 is 10.8 Å². The Bertz CT molecular complexity index is 621. The van der Waals surface area contributed by atoms with Gasteiger partial charge in [0.2, 0.25) is 0 Å². The molecule has 2 rings (SSSR count). The van der Waals surface area contributed by atoms with Crippen molar-refractivity contribution < 1.29 is 9.50 Å². The standard InChI is InChI=1S/C15H13FO.C2H6/c1-4-11-14-10(8-13(17)15(11)16)6-5-7-12(14)9(2)3;1-2/h1,5-9,17H,2-3H3;1-2H3. The Labute approximate surface area is 114 Å². The van der Waals surface area contributed by atoms with E-state index in [2.05, 4.69) is 5.92 Å². The molecule has 0 radical (unpaired) electrons. The molecule has 1 nitrogen and oxygen atoms in total. The lowest BCUT2D eigenvalue weighted by atomic mass is 9.92. The summed E-state index contributed by atoms with van der Waals surface area (Å²) < 4.78 is 13.8. The maximum Gasteiger partial charge on any atom is 0.181 e. The summed E-state index contributed by atoms with van der Waals surface area (Å²) in [4.78, 5) is 0. The van der Waals surface area contributed by atoms with Crippen LogP contribution in [0.25, 0.3) is 10.8 Å². The fourth-order valence-corrected chi connectivity index (χ4v) is 2.06. The Hall–Kier alpha value is -2.01. The minimum Gasteiger partial charge on any atom is -0.505 e. The van der Waals surface area contributed by atoms with E-state index in [0.29, 0.717) is 0 Å². The zero-order valence-corrected chi connectivity index (χ0v) is 11.8. The first-order valence-corrected chi connectivity index (χ1v) is 6.47. The van der Waals surface area contributed by atoms with E-state index in [-0.39, 0.29) is 11.5 Å². The van der Waals surface area contributed by atoms with Crippen molar-refractivity contribution in [2.24, 2.45) is 0 Å². The van der Waals surface area contributed by atoms with Crippen LogP contribution < -0.4 is 0 Å². The third-order valence-corrected chi connectivity index (χ3v) is 2.88. The van der Waals surface area contributed by atoms with Crippen molar-refractivity contribution in [2.45, 2.75) is 33.6 Å². The zero-order valence-electron chi connectivity index (χ0n) is 11.8. The van der Waals surface area contributed by atoms with Crippen LogP contribution in [0.5, 0.6) is 5.75 Å². The van der Waals surface area contributed by atoms with Crippen molar-refractivity contribution in [1.82, 2.24) is 0 Å². The average molecular weight is 258 g/mol. The van der Waals surface area contributed by atoms with E-state index in [0.717, 1.165) is 16.3 Å². The first-order valence-electron chi connectivity index (χ1n) is 6.47. The molecule has 0 spiro atoms. The summed E-state index contributed by atoms with van der Waals surface area (Å²) in [6.07, 6.45) is 5.35. The average Bonchev–Trinajstić information content (AvgIpc) is 2.42. The van der Waals surface area contributed by atoms with E-state index < -0.39 is 11.6 Å². The molecule has 0 saturated carbocycles. The summed E-state index contributed by atoms with van der Waals surface area (Å²) in [6.45, 7) is 8.06. The highest BCUT2D eigenvalue weighted by atomic mass is 19.1. The normalized spacial score (nSPS) is 9.95. The summed E-state index contributed by atoms with van der Waals surface area (Å²) in [5, 5.41) is 11.0. The van der Waals surface area contributed by atoms with Crippen LogP contribution in [0.3, 0.4) is 0 Å². The number of hydrogen-bond acceptors (Lipinski definition) is 1. The lowest BCUT2D eigenvalue weighted by Gasteiger charge is -2.13. The van der Waals surface area contributed by atoms with Gasteiger partial charge in [-0.3, -0.25) is 0 Å². The molecule has 0 saturated heterocycles. The molecule has 2 aromatic carbocycles. The van der Waals surface area contributed by atoms with Gasteiger partial charge in [0.1, 0.15) is 0 Å². The number of hydrogen-bond donors (Lipinski definition) is 1. The number of fused-ring (bicyclic) bond motifs is 1. The monoisotopic (exact) mass is 258 g/mol. The van der Waals surface area contributed by atoms with Crippen LogP contribution in [0.4, 0.5) is 4.39 Å². The zero-order chi connectivity index (χ0) is 14.6. The van der Waals surface area contributed by atoms with Crippen molar-refractivity contribution in [1.29, 1.82) is 0 Å². The van der Waals surface area contributed by atoms with E-state index in [1.807, 2.05) is 45.9 Å². The van der Waals surface area contributed by atoms with Gasteiger partial charge < -0.3 is 5.11 Å². The van der Waals surface area contributed by atoms with Gasteiger partial charge in [-0.15, -0.1) is 6.42 Å². The molecule has 0 amide bonds. The Morgan fingerprint density at radius 2 is 1.89 bits per heavy atom. The molecule has 0 aliphatic carbocycles. The smallest absolute Gasteiger partial charge is 0.181 e. The lowest BCUT2D eigenvalue weighted by Crippen LogP contribution is -1.95. The van der Waals surface area contributed by atoms with Crippen LogP contribution >= 0.6 is 0 Å². The highest BCUT2D eigenvalue weighted by molar-refractivity contribution is 5.93. The quantitative estimate of drug-likeness (QED) is 0.727. The second kappa shape index (κ2) is 6.24. The molecule has 0 atom stereocenters. The van der Waals surface area contributed by atoms with Gasteiger partial charge in [-0.1, -0.05) is 51.8 Å². The van der Waals surface area contributed by atoms with Crippen molar-refractivity contribution in [3.63, 3.8) is 0 Å². The van der Waals surface area contributed by atoms with Gasteiger partial charge in [0.15, 0.2) is 11.6 Å². The Kier molecular flexibility index (Phi) is 4.94. The largest absolute Gasteiger partial charge is 0.505 e. The first kappa shape index (κ1) is 15.0. The fraction of sp³-hybridized carbons (Fsp3) is 0.294. The predicted molar refractivity (Wildman–Crippen MR) is 78.9 cm³/mol. The van der Waals surface area contributed by atoms with Crippen LogP contribution in [-0.2, 0) is 0 Å². The van der Waals surface area contributed by atoms with Gasteiger partial charge in [0.05, 0.1) is 5.56 Å². The van der Waals surface area contributed by atoms with Crippen LogP contribution in [0.1, 0.15) is 44.7 Å². The third-order valence-electron chi connectivity index (χ3n) is 2.88. The van der Waals surface area contributed by atoms with E-state index in [1.54, 1.807) is 0 Å². The number of terminal acetylenes is 1. The first-order chi connectivity index (χ1) is 9.06. The molecule has 0 aromatic heterocycles. The highest BCUT2D eigenvalue weighted by Gasteiger charge is 2.15. The summed E-state index contributed by atoms with van der Waals surface area (Å²) in [5.74, 6) is 1.47. The molecule has 0 fully saturated rings. The highest BCUT2D eigenvalue weighted by Crippen LogP contribution is 2.33. The van der Waals surface area contributed by atoms with Gasteiger partial charge in [-0.2, -0.15) is 0 Å². The van der Waals surface area contributed by atoms with E-state index >= 15 is 0 Å². The second-order valence-corrected chi connectivity index (χ2v) is 4.33. The minimum absolute atomic E-state index is 0.143. The van der Waals surface area contributed by atoms with Crippen molar-refractivity contribution in [3.8, 4) is 18.1 Å². The Morgan fingerprint density at radius 1 is 1.26 bits per heavy atom. The van der Waals surface area contributed by atoms with Crippen LogP contribution in [0.15, 0.2) is 24.3 Å². The molecule has 19 heavy (non-hydrogen) atoms. The van der Waals surface area contributed by atoms with Crippen LogP contribution in [-0.4, -0.2) is 5.11 Å². The fourth-order valence-electron chi connectivity index (χ4n) is 2.06. The Balaban J connectivity index is 0.000000861. The molecular weight excluding hydrogens is 239 g/mol. The molecule has 0 aliphatic heterocycles. The molecule has 0 aliphatic rings. The van der Waals surface area contributed by atoms with E-state index in [9.17, 15) is 9.50 Å². The number of phenols is 1. The van der Waals surface area contributed by atoms with Gasteiger partial charge in [-0.05, 0) is 22.9 Å². The number of halogens is 1. The molecular formula is C17H19FO.